The molecule has 0 bridgehead atoms. The standard InChI is InChI=1S/C15H14ClN3O3/c16-11-8-4-5-9-12(11)17-15(22)19-18-14(21)13(20)10-6-2-1-3-7-10/h1-9,13,20H,(H,18,21)(H2,17,19,22). The van der Waals surface area contributed by atoms with Crippen LogP contribution in [0, 0.1) is 0 Å². The zero-order valence-electron chi connectivity index (χ0n) is 11.4. The van der Waals surface area contributed by atoms with Crippen LogP contribution < -0.4 is 16.2 Å². The number of carbonyl (C=O) groups is 2. The van der Waals surface area contributed by atoms with Crippen molar-refractivity contribution in [3.8, 4) is 0 Å². The molecule has 2 aromatic rings. The molecule has 0 aliphatic carbocycles. The van der Waals surface area contributed by atoms with E-state index in [1.807, 2.05) is 0 Å². The molecule has 0 aliphatic heterocycles. The second kappa shape index (κ2) is 7.44. The predicted molar refractivity (Wildman–Crippen MR) is 83.2 cm³/mol. The van der Waals surface area contributed by atoms with Gasteiger partial charge < -0.3 is 10.4 Å². The summed E-state index contributed by atoms with van der Waals surface area (Å²) in [5.41, 5.74) is 5.09. The number of urea groups is 1. The Hall–Kier alpha value is -2.57. The molecule has 2 aromatic carbocycles. The molecular formula is C15H14ClN3O3. The highest BCUT2D eigenvalue weighted by molar-refractivity contribution is 6.33. The lowest BCUT2D eigenvalue weighted by atomic mass is 10.1. The number of nitrogens with one attached hydrogen (secondary N) is 3. The van der Waals surface area contributed by atoms with Crippen LogP contribution in [0.2, 0.25) is 5.02 Å². The first-order valence-electron chi connectivity index (χ1n) is 6.42. The van der Waals surface area contributed by atoms with E-state index in [9.17, 15) is 14.7 Å². The Labute approximate surface area is 132 Å². The van der Waals surface area contributed by atoms with Crippen molar-refractivity contribution in [3.05, 3.63) is 65.2 Å². The van der Waals surface area contributed by atoms with E-state index in [4.69, 9.17) is 11.6 Å². The smallest absolute Gasteiger partial charge is 0.337 e. The quantitative estimate of drug-likeness (QED) is 0.654. The van der Waals surface area contributed by atoms with E-state index in [1.165, 1.54) is 0 Å². The van der Waals surface area contributed by atoms with Crippen LogP contribution in [0.3, 0.4) is 0 Å². The number of aliphatic hydroxyl groups excluding tert-OH is 1. The molecule has 22 heavy (non-hydrogen) atoms. The van der Waals surface area contributed by atoms with E-state index in [1.54, 1.807) is 54.6 Å². The van der Waals surface area contributed by atoms with Crippen molar-refractivity contribution in [3.63, 3.8) is 0 Å². The minimum absolute atomic E-state index is 0.369. The van der Waals surface area contributed by atoms with Crippen LogP contribution in [0.5, 0.6) is 0 Å². The number of halogens is 1. The molecule has 7 heteroatoms. The molecule has 0 aliphatic rings. The van der Waals surface area contributed by atoms with E-state index in [0.717, 1.165) is 0 Å². The molecule has 114 valence electrons. The molecule has 3 amide bonds. The van der Waals surface area contributed by atoms with E-state index in [-0.39, 0.29) is 0 Å². The third kappa shape index (κ3) is 4.21. The fourth-order valence-corrected chi connectivity index (χ4v) is 1.87. The highest BCUT2D eigenvalue weighted by atomic mass is 35.5. The van der Waals surface area contributed by atoms with Gasteiger partial charge in [0, 0.05) is 0 Å². The second-order valence-corrected chi connectivity index (χ2v) is 4.77. The fraction of sp³-hybridized carbons (Fsp3) is 0.0667. The third-order valence-electron chi connectivity index (χ3n) is 2.78. The van der Waals surface area contributed by atoms with Crippen LogP contribution in [0.15, 0.2) is 54.6 Å². The molecule has 0 heterocycles. The molecule has 0 spiro atoms. The topological polar surface area (TPSA) is 90.5 Å². The monoisotopic (exact) mass is 319 g/mol. The zero-order valence-corrected chi connectivity index (χ0v) is 12.2. The van der Waals surface area contributed by atoms with Crippen LogP contribution in [-0.2, 0) is 4.79 Å². The van der Waals surface area contributed by atoms with Crippen molar-refractivity contribution >= 4 is 29.2 Å². The van der Waals surface area contributed by atoms with Crippen molar-refractivity contribution in [2.45, 2.75) is 6.10 Å². The molecule has 1 unspecified atom stereocenters. The van der Waals surface area contributed by atoms with Gasteiger partial charge in [-0.05, 0) is 17.7 Å². The first-order chi connectivity index (χ1) is 10.6. The van der Waals surface area contributed by atoms with Crippen LogP contribution in [0.4, 0.5) is 10.5 Å². The van der Waals surface area contributed by atoms with Crippen LogP contribution in [-0.4, -0.2) is 17.0 Å². The number of aliphatic hydroxyl groups is 1. The van der Waals surface area contributed by atoms with Crippen molar-refractivity contribution in [1.82, 2.24) is 10.9 Å². The molecule has 0 fully saturated rings. The van der Waals surface area contributed by atoms with E-state index < -0.39 is 18.0 Å². The van der Waals surface area contributed by atoms with Crippen molar-refractivity contribution < 1.29 is 14.7 Å². The summed E-state index contributed by atoms with van der Waals surface area (Å²) in [5.74, 6) is -0.750. The van der Waals surface area contributed by atoms with Crippen molar-refractivity contribution in [2.24, 2.45) is 0 Å². The summed E-state index contributed by atoms with van der Waals surface area (Å²) in [4.78, 5) is 23.4. The Morgan fingerprint density at radius 1 is 0.955 bits per heavy atom. The largest absolute Gasteiger partial charge is 0.378 e. The lowest BCUT2D eigenvalue weighted by molar-refractivity contribution is -0.130. The molecule has 2 rings (SSSR count). The lowest BCUT2D eigenvalue weighted by Gasteiger charge is -2.13. The Kier molecular flexibility index (Phi) is 5.35. The van der Waals surface area contributed by atoms with Gasteiger partial charge in [0.05, 0.1) is 10.7 Å². The summed E-state index contributed by atoms with van der Waals surface area (Å²) >= 11 is 5.89. The summed E-state index contributed by atoms with van der Waals surface area (Å²) < 4.78 is 0. The summed E-state index contributed by atoms with van der Waals surface area (Å²) in [6, 6.07) is 14.4. The number of hydrazine groups is 1. The third-order valence-corrected chi connectivity index (χ3v) is 3.11. The van der Waals surface area contributed by atoms with Gasteiger partial charge >= 0.3 is 6.03 Å². The number of carbonyl (C=O) groups excluding carboxylic acids is 2. The van der Waals surface area contributed by atoms with Gasteiger partial charge in [0.15, 0.2) is 6.10 Å². The highest BCUT2D eigenvalue weighted by Gasteiger charge is 2.17. The SMILES string of the molecule is O=C(NNC(=O)C(O)c1ccccc1)Nc1ccccc1Cl. The van der Waals surface area contributed by atoms with Crippen LogP contribution in [0.1, 0.15) is 11.7 Å². The summed E-state index contributed by atoms with van der Waals surface area (Å²) in [6.07, 6.45) is -1.37. The van der Waals surface area contributed by atoms with Crippen molar-refractivity contribution in [2.75, 3.05) is 5.32 Å². The predicted octanol–water partition coefficient (Wildman–Crippen LogP) is 2.23. The zero-order chi connectivity index (χ0) is 15.9. The van der Waals surface area contributed by atoms with Gasteiger partial charge in [-0.15, -0.1) is 0 Å². The molecule has 0 saturated heterocycles. The average Bonchev–Trinajstić information content (AvgIpc) is 2.55. The maximum atomic E-state index is 11.7. The normalized spacial score (nSPS) is 11.4. The molecule has 0 aromatic heterocycles. The molecule has 4 N–H and O–H groups in total. The van der Waals surface area contributed by atoms with Crippen molar-refractivity contribution in [1.29, 1.82) is 0 Å². The van der Waals surface area contributed by atoms with Crippen LogP contribution in [0.25, 0.3) is 0 Å². The summed E-state index contributed by atoms with van der Waals surface area (Å²) in [6.45, 7) is 0. The number of anilines is 1. The molecule has 6 nitrogen and oxygen atoms in total. The maximum absolute atomic E-state index is 11.7. The van der Waals surface area contributed by atoms with E-state index in [2.05, 4.69) is 16.2 Å². The molecule has 0 radical (unpaired) electrons. The Bertz CT molecular complexity index is 664. The Morgan fingerprint density at radius 3 is 2.27 bits per heavy atom. The van der Waals surface area contributed by atoms with Gasteiger partial charge in [-0.1, -0.05) is 54.1 Å². The van der Waals surface area contributed by atoms with Gasteiger partial charge in [0.25, 0.3) is 5.91 Å². The summed E-state index contributed by atoms with van der Waals surface area (Å²) in [7, 11) is 0. The molecule has 0 saturated carbocycles. The molecular weight excluding hydrogens is 306 g/mol. The highest BCUT2D eigenvalue weighted by Crippen LogP contribution is 2.20. The average molecular weight is 320 g/mol. The number of hydrogen-bond donors (Lipinski definition) is 4. The Morgan fingerprint density at radius 2 is 1.59 bits per heavy atom. The molecule has 1 atom stereocenters. The van der Waals surface area contributed by atoms with Gasteiger partial charge in [0.2, 0.25) is 0 Å². The number of para-hydroxylation sites is 1. The maximum Gasteiger partial charge on any atom is 0.337 e. The first kappa shape index (κ1) is 15.8. The summed E-state index contributed by atoms with van der Waals surface area (Å²) in [5, 5.41) is 12.7. The van der Waals surface area contributed by atoms with Gasteiger partial charge in [-0.2, -0.15) is 0 Å². The fourth-order valence-electron chi connectivity index (χ4n) is 1.69. The number of hydrogen-bond acceptors (Lipinski definition) is 3. The first-order valence-corrected chi connectivity index (χ1v) is 6.80. The van der Waals surface area contributed by atoms with Gasteiger partial charge in [0.1, 0.15) is 0 Å². The van der Waals surface area contributed by atoms with Gasteiger partial charge in [-0.25, -0.2) is 10.2 Å². The minimum atomic E-state index is -1.37. The van der Waals surface area contributed by atoms with E-state index >= 15 is 0 Å². The Balaban J connectivity index is 1.86. The van der Waals surface area contributed by atoms with E-state index in [0.29, 0.717) is 16.3 Å². The lowest BCUT2D eigenvalue weighted by Crippen LogP contribution is -2.45. The number of amides is 3. The van der Waals surface area contributed by atoms with Crippen LogP contribution >= 0.6 is 11.6 Å². The minimum Gasteiger partial charge on any atom is -0.378 e. The van der Waals surface area contributed by atoms with Gasteiger partial charge in [-0.3, -0.25) is 10.2 Å². The second-order valence-electron chi connectivity index (χ2n) is 4.36. The number of benzene rings is 2. The number of rotatable bonds is 3.